The van der Waals surface area contributed by atoms with Gasteiger partial charge < -0.3 is 10.4 Å². The lowest BCUT2D eigenvalue weighted by Crippen LogP contribution is -2.30. The van der Waals surface area contributed by atoms with Crippen molar-refractivity contribution >= 4 is 17.7 Å². The monoisotopic (exact) mass is 316 g/mol. The predicted molar refractivity (Wildman–Crippen MR) is 89.4 cm³/mol. The predicted octanol–water partition coefficient (Wildman–Crippen LogP) is 2.55. The van der Waals surface area contributed by atoms with Crippen LogP contribution in [0.3, 0.4) is 0 Å². The fraction of sp³-hybridized carbons (Fsp3) is 0.294. The molecule has 1 unspecified atom stereocenters. The molecule has 1 heterocycles. The van der Waals surface area contributed by atoms with Crippen molar-refractivity contribution in [3.63, 3.8) is 0 Å². The first kappa shape index (κ1) is 16.5. The number of rotatable bonds is 8. The first-order valence-electron chi connectivity index (χ1n) is 7.21. The van der Waals surface area contributed by atoms with Crippen LogP contribution in [0.4, 0.5) is 0 Å². The molecule has 1 aromatic heterocycles. The molecule has 0 aliphatic rings. The number of hydrogen-bond donors (Lipinski definition) is 2. The summed E-state index contributed by atoms with van der Waals surface area (Å²) >= 11 is 1.56. The summed E-state index contributed by atoms with van der Waals surface area (Å²) in [6.07, 6.45) is 4.06. The summed E-state index contributed by atoms with van der Waals surface area (Å²) < 4.78 is 0. The van der Waals surface area contributed by atoms with Crippen LogP contribution < -0.4 is 5.32 Å². The van der Waals surface area contributed by atoms with Crippen LogP contribution in [0.25, 0.3) is 0 Å². The molecule has 2 N–H and O–H groups in total. The Kier molecular flexibility index (Phi) is 6.93. The molecule has 0 spiro atoms. The Labute approximate surface area is 135 Å². The zero-order valence-electron chi connectivity index (χ0n) is 12.3. The number of carbonyl (C=O) groups is 1. The van der Waals surface area contributed by atoms with Crippen molar-refractivity contribution in [1.29, 1.82) is 0 Å². The quantitative estimate of drug-likeness (QED) is 0.786. The fourth-order valence-corrected chi connectivity index (χ4v) is 2.89. The van der Waals surface area contributed by atoms with Crippen LogP contribution in [0.2, 0.25) is 0 Å². The SMILES string of the molecule is O=C(CSCc1cccnc1)NC(CCO)c1ccccc1. The van der Waals surface area contributed by atoms with Gasteiger partial charge in [0, 0.05) is 24.8 Å². The summed E-state index contributed by atoms with van der Waals surface area (Å²) in [4.78, 5) is 16.1. The van der Waals surface area contributed by atoms with Crippen molar-refractivity contribution in [2.75, 3.05) is 12.4 Å². The Morgan fingerprint density at radius 1 is 1.23 bits per heavy atom. The van der Waals surface area contributed by atoms with Crippen molar-refractivity contribution in [1.82, 2.24) is 10.3 Å². The maximum absolute atomic E-state index is 12.1. The van der Waals surface area contributed by atoms with Crippen LogP contribution in [-0.2, 0) is 10.5 Å². The van der Waals surface area contributed by atoms with Crippen molar-refractivity contribution in [2.24, 2.45) is 0 Å². The number of amides is 1. The zero-order valence-corrected chi connectivity index (χ0v) is 13.1. The molecule has 22 heavy (non-hydrogen) atoms. The topological polar surface area (TPSA) is 62.2 Å². The van der Waals surface area contributed by atoms with E-state index in [0.717, 1.165) is 16.9 Å². The number of pyridine rings is 1. The van der Waals surface area contributed by atoms with Gasteiger partial charge in [0.2, 0.25) is 5.91 Å². The highest BCUT2D eigenvalue weighted by atomic mass is 32.2. The third kappa shape index (κ3) is 5.50. The number of hydrogen-bond acceptors (Lipinski definition) is 4. The van der Waals surface area contributed by atoms with Crippen LogP contribution in [-0.4, -0.2) is 28.4 Å². The summed E-state index contributed by atoms with van der Waals surface area (Å²) in [5.74, 6) is 1.14. The molecule has 0 fully saturated rings. The van der Waals surface area contributed by atoms with Crippen molar-refractivity contribution in [3.05, 3.63) is 66.0 Å². The van der Waals surface area contributed by atoms with Crippen molar-refractivity contribution < 1.29 is 9.90 Å². The van der Waals surface area contributed by atoms with E-state index in [1.807, 2.05) is 48.7 Å². The lowest BCUT2D eigenvalue weighted by atomic mass is 10.0. The van der Waals surface area contributed by atoms with Crippen molar-refractivity contribution in [3.8, 4) is 0 Å². The molecular weight excluding hydrogens is 296 g/mol. The van der Waals surface area contributed by atoms with E-state index in [1.54, 1.807) is 18.0 Å². The molecule has 0 saturated carbocycles. The number of aliphatic hydroxyl groups is 1. The third-order valence-electron chi connectivity index (χ3n) is 3.18. The molecule has 2 aromatic rings. The summed E-state index contributed by atoms with van der Waals surface area (Å²) in [6, 6.07) is 13.5. The van der Waals surface area contributed by atoms with Gasteiger partial charge in [-0.2, -0.15) is 0 Å². The van der Waals surface area contributed by atoms with Gasteiger partial charge in [0.25, 0.3) is 0 Å². The lowest BCUT2D eigenvalue weighted by molar-refractivity contribution is -0.119. The number of nitrogens with zero attached hydrogens (tertiary/aromatic N) is 1. The smallest absolute Gasteiger partial charge is 0.230 e. The second-order valence-corrected chi connectivity index (χ2v) is 5.88. The van der Waals surface area contributed by atoms with Gasteiger partial charge in [0.15, 0.2) is 0 Å². The highest BCUT2D eigenvalue weighted by Gasteiger charge is 2.13. The Hall–Kier alpha value is -1.85. The van der Waals surface area contributed by atoms with Gasteiger partial charge >= 0.3 is 0 Å². The largest absolute Gasteiger partial charge is 0.396 e. The standard InChI is InChI=1S/C17H20N2O2S/c20-10-8-16(15-6-2-1-3-7-15)19-17(21)13-22-12-14-5-4-9-18-11-14/h1-7,9,11,16,20H,8,10,12-13H2,(H,19,21). The van der Waals surface area contributed by atoms with Gasteiger partial charge in [-0.1, -0.05) is 36.4 Å². The van der Waals surface area contributed by atoms with E-state index in [9.17, 15) is 9.90 Å². The molecule has 1 atom stereocenters. The molecule has 116 valence electrons. The maximum atomic E-state index is 12.1. The molecule has 5 heteroatoms. The number of aromatic nitrogens is 1. The molecule has 1 aromatic carbocycles. The van der Waals surface area contributed by atoms with Gasteiger partial charge in [-0.05, 0) is 23.6 Å². The first-order valence-corrected chi connectivity index (χ1v) is 8.37. The first-order chi connectivity index (χ1) is 10.8. The van der Waals surface area contributed by atoms with Gasteiger partial charge in [-0.25, -0.2) is 0 Å². The second kappa shape index (κ2) is 9.23. The number of aliphatic hydroxyl groups excluding tert-OH is 1. The minimum absolute atomic E-state index is 0.0174. The molecule has 0 saturated heterocycles. The Morgan fingerprint density at radius 2 is 2.05 bits per heavy atom. The van der Waals surface area contributed by atoms with Crippen molar-refractivity contribution in [2.45, 2.75) is 18.2 Å². The summed E-state index contributed by atoms with van der Waals surface area (Å²) in [5, 5.41) is 12.2. The average Bonchev–Trinajstić information content (AvgIpc) is 2.56. The Morgan fingerprint density at radius 3 is 2.73 bits per heavy atom. The summed E-state index contributed by atoms with van der Waals surface area (Å²) in [6.45, 7) is 0.0443. The molecule has 1 amide bonds. The van der Waals surface area contributed by atoms with E-state index >= 15 is 0 Å². The normalized spacial score (nSPS) is 11.9. The molecule has 0 radical (unpaired) electrons. The lowest BCUT2D eigenvalue weighted by Gasteiger charge is -2.18. The van der Waals surface area contributed by atoms with Gasteiger partial charge in [-0.15, -0.1) is 11.8 Å². The fourth-order valence-electron chi connectivity index (χ4n) is 2.12. The van der Waals surface area contributed by atoms with E-state index in [0.29, 0.717) is 12.2 Å². The second-order valence-electron chi connectivity index (χ2n) is 4.90. The number of nitrogens with one attached hydrogen (secondary N) is 1. The molecule has 0 aliphatic carbocycles. The van der Waals surface area contributed by atoms with Crippen LogP contribution in [0, 0.1) is 0 Å². The number of benzene rings is 1. The van der Waals surface area contributed by atoms with E-state index in [2.05, 4.69) is 10.3 Å². The average molecular weight is 316 g/mol. The van der Waals surface area contributed by atoms with Gasteiger partial charge in [0.1, 0.15) is 0 Å². The molecule has 0 bridgehead atoms. The minimum Gasteiger partial charge on any atom is -0.396 e. The molecule has 0 aliphatic heterocycles. The van der Waals surface area contributed by atoms with E-state index < -0.39 is 0 Å². The molecular formula is C17H20N2O2S. The molecule has 2 rings (SSSR count). The third-order valence-corrected chi connectivity index (χ3v) is 4.18. The van der Waals surface area contributed by atoms with Gasteiger partial charge in [0.05, 0.1) is 11.8 Å². The van der Waals surface area contributed by atoms with Crippen LogP contribution in [0.5, 0.6) is 0 Å². The van der Waals surface area contributed by atoms with Gasteiger partial charge in [-0.3, -0.25) is 9.78 Å². The van der Waals surface area contributed by atoms with E-state index in [4.69, 9.17) is 0 Å². The molecule has 4 nitrogen and oxygen atoms in total. The maximum Gasteiger partial charge on any atom is 0.230 e. The summed E-state index contributed by atoms with van der Waals surface area (Å²) in [5.41, 5.74) is 2.12. The van der Waals surface area contributed by atoms with Crippen LogP contribution in [0.1, 0.15) is 23.6 Å². The van der Waals surface area contributed by atoms with E-state index in [1.165, 1.54) is 0 Å². The summed E-state index contributed by atoms with van der Waals surface area (Å²) in [7, 11) is 0. The van der Waals surface area contributed by atoms with Crippen LogP contribution in [0.15, 0.2) is 54.9 Å². The van der Waals surface area contributed by atoms with E-state index in [-0.39, 0.29) is 18.6 Å². The Bertz CT molecular complexity index is 563. The Balaban J connectivity index is 1.81. The highest BCUT2D eigenvalue weighted by molar-refractivity contribution is 7.99. The number of carbonyl (C=O) groups excluding carboxylic acids is 1. The van der Waals surface area contributed by atoms with Crippen LogP contribution >= 0.6 is 11.8 Å². The minimum atomic E-state index is -0.141. The zero-order chi connectivity index (χ0) is 15.6. The number of thioether (sulfide) groups is 1. The highest BCUT2D eigenvalue weighted by Crippen LogP contribution is 2.17.